The lowest BCUT2D eigenvalue weighted by Gasteiger charge is -2.38. The van der Waals surface area contributed by atoms with E-state index < -0.39 is 0 Å². The van der Waals surface area contributed by atoms with Gasteiger partial charge in [0.2, 0.25) is 5.91 Å². The Bertz CT molecular complexity index is 566. The van der Waals surface area contributed by atoms with E-state index >= 15 is 0 Å². The molecule has 3 rings (SSSR count). The lowest BCUT2D eigenvalue weighted by molar-refractivity contribution is -0.126. The second kappa shape index (κ2) is 7.07. The van der Waals surface area contributed by atoms with Crippen molar-refractivity contribution in [3.63, 3.8) is 0 Å². The second-order valence-corrected chi connectivity index (χ2v) is 7.05. The SMILES string of the molecule is CC(C(=O)NCC1(CO)CC1)N1CCN(c2ccc(F)cc2)CC1. The maximum absolute atomic E-state index is 13.0. The molecule has 1 unspecified atom stereocenters. The molecule has 1 amide bonds. The summed E-state index contributed by atoms with van der Waals surface area (Å²) < 4.78 is 13.0. The summed E-state index contributed by atoms with van der Waals surface area (Å²) in [7, 11) is 0. The molecule has 2 aliphatic rings. The number of hydrogen-bond acceptors (Lipinski definition) is 4. The molecule has 2 fully saturated rings. The van der Waals surface area contributed by atoms with Crippen LogP contribution >= 0.6 is 0 Å². The number of anilines is 1. The third-order valence-electron chi connectivity index (χ3n) is 5.36. The molecule has 0 spiro atoms. The Balaban J connectivity index is 1.46. The van der Waals surface area contributed by atoms with Gasteiger partial charge in [0.1, 0.15) is 5.82 Å². The Morgan fingerprint density at radius 3 is 2.42 bits per heavy atom. The molecule has 1 aliphatic carbocycles. The fraction of sp³-hybridized carbons (Fsp3) is 0.611. The number of nitrogens with one attached hydrogen (secondary N) is 1. The smallest absolute Gasteiger partial charge is 0.237 e. The van der Waals surface area contributed by atoms with E-state index in [9.17, 15) is 14.3 Å². The predicted molar refractivity (Wildman–Crippen MR) is 91.4 cm³/mol. The van der Waals surface area contributed by atoms with Crippen LogP contribution in [0.5, 0.6) is 0 Å². The van der Waals surface area contributed by atoms with Crippen LogP contribution in [0, 0.1) is 11.2 Å². The van der Waals surface area contributed by atoms with Gasteiger partial charge >= 0.3 is 0 Å². The lowest BCUT2D eigenvalue weighted by Crippen LogP contribution is -2.54. The van der Waals surface area contributed by atoms with Crippen LogP contribution in [0.3, 0.4) is 0 Å². The minimum absolute atomic E-state index is 0.0324. The Morgan fingerprint density at radius 2 is 1.88 bits per heavy atom. The Kier molecular flexibility index (Phi) is 5.06. The molecule has 0 bridgehead atoms. The molecule has 1 saturated heterocycles. The van der Waals surface area contributed by atoms with Crippen LogP contribution in [0.2, 0.25) is 0 Å². The van der Waals surface area contributed by atoms with E-state index in [0.29, 0.717) is 6.54 Å². The van der Waals surface area contributed by atoms with Gasteiger partial charge in [-0.05, 0) is 44.0 Å². The minimum atomic E-state index is -0.223. The van der Waals surface area contributed by atoms with Crippen molar-refractivity contribution >= 4 is 11.6 Å². The standard InChI is InChI=1S/C18H26FN3O2/c1-14(17(24)20-12-18(13-23)6-7-18)21-8-10-22(11-9-21)16-4-2-15(19)3-5-16/h2-5,14,23H,6-13H2,1H3,(H,20,24). The number of carbonyl (C=O) groups is 1. The average Bonchev–Trinajstić information content (AvgIpc) is 3.40. The Labute approximate surface area is 142 Å². The number of carbonyl (C=O) groups excluding carboxylic acids is 1. The summed E-state index contributed by atoms with van der Waals surface area (Å²) in [5, 5.41) is 12.3. The molecular weight excluding hydrogens is 309 g/mol. The van der Waals surface area contributed by atoms with Gasteiger partial charge in [0.25, 0.3) is 0 Å². The van der Waals surface area contributed by atoms with Crippen LogP contribution in [-0.4, -0.2) is 61.3 Å². The van der Waals surface area contributed by atoms with Gasteiger partial charge in [0.15, 0.2) is 0 Å². The highest BCUT2D eigenvalue weighted by Crippen LogP contribution is 2.44. The molecule has 24 heavy (non-hydrogen) atoms. The number of aliphatic hydroxyl groups is 1. The molecule has 6 heteroatoms. The molecule has 1 aliphatic heterocycles. The van der Waals surface area contributed by atoms with Crippen molar-refractivity contribution in [2.24, 2.45) is 5.41 Å². The number of aliphatic hydroxyl groups excluding tert-OH is 1. The van der Waals surface area contributed by atoms with E-state index in [-0.39, 0.29) is 29.8 Å². The van der Waals surface area contributed by atoms with Crippen LogP contribution in [0.25, 0.3) is 0 Å². The third kappa shape index (κ3) is 3.87. The van der Waals surface area contributed by atoms with Crippen molar-refractivity contribution in [1.29, 1.82) is 0 Å². The molecule has 1 heterocycles. The molecule has 132 valence electrons. The van der Waals surface area contributed by atoms with Gasteiger partial charge in [-0.25, -0.2) is 4.39 Å². The van der Waals surface area contributed by atoms with E-state index in [1.165, 1.54) is 12.1 Å². The van der Waals surface area contributed by atoms with Crippen molar-refractivity contribution in [3.05, 3.63) is 30.1 Å². The third-order valence-corrected chi connectivity index (χ3v) is 5.36. The number of piperazine rings is 1. The lowest BCUT2D eigenvalue weighted by atomic mass is 10.1. The highest BCUT2D eigenvalue weighted by molar-refractivity contribution is 5.81. The minimum Gasteiger partial charge on any atom is -0.396 e. The van der Waals surface area contributed by atoms with Gasteiger partial charge in [-0.15, -0.1) is 0 Å². The largest absolute Gasteiger partial charge is 0.396 e. The van der Waals surface area contributed by atoms with Gasteiger partial charge in [-0.2, -0.15) is 0 Å². The van der Waals surface area contributed by atoms with Crippen LogP contribution in [0.4, 0.5) is 10.1 Å². The molecule has 0 radical (unpaired) electrons. The molecule has 5 nitrogen and oxygen atoms in total. The maximum Gasteiger partial charge on any atom is 0.237 e. The van der Waals surface area contributed by atoms with Crippen molar-refractivity contribution in [2.75, 3.05) is 44.2 Å². The molecule has 1 aromatic carbocycles. The number of rotatable bonds is 6. The monoisotopic (exact) mass is 335 g/mol. The summed E-state index contributed by atoms with van der Waals surface area (Å²) in [5.41, 5.74) is 0.961. The van der Waals surface area contributed by atoms with Gasteiger partial charge in [-0.3, -0.25) is 9.69 Å². The highest BCUT2D eigenvalue weighted by Gasteiger charge is 2.42. The van der Waals surface area contributed by atoms with Crippen molar-refractivity contribution < 1.29 is 14.3 Å². The van der Waals surface area contributed by atoms with Gasteiger partial charge in [0, 0.05) is 43.8 Å². The van der Waals surface area contributed by atoms with E-state index in [0.717, 1.165) is 44.7 Å². The average molecular weight is 335 g/mol. The molecule has 1 aromatic rings. The first-order valence-corrected chi connectivity index (χ1v) is 8.66. The summed E-state index contributed by atoms with van der Waals surface area (Å²) in [5.74, 6) is -0.191. The number of benzene rings is 1. The Morgan fingerprint density at radius 1 is 1.25 bits per heavy atom. The molecule has 1 saturated carbocycles. The fourth-order valence-corrected chi connectivity index (χ4v) is 3.18. The molecular formula is C18H26FN3O2. The summed E-state index contributed by atoms with van der Waals surface area (Å²) in [6, 6.07) is 6.38. The topological polar surface area (TPSA) is 55.8 Å². The van der Waals surface area contributed by atoms with Crippen LogP contribution in [0.1, 0.15) is 19.8 Å². The van der Waals surface area contributed by atoms with Crippen molar-refractivity contribution in [1.82, 2.24) is 10.2 Å². The van der Waals surface area contributed by atoms with E-state index in [1.807, 2.05) is 6.92 Å². The molecule has 1 atom stereocenters. The van der Waals surface area contributed by atoms with E-state index in [2.05, 4.69) is 15.1 Å². The fourth-order valence-electron chi connectivity index (χ4n) is 3.18. The van der Waals surface area contributed by atoms with Crippen LogP contribution in [0.15, 0.2) is 24.3 Å². The first kappa shape index (κ1) is 17.2. The summed E-state index contributed by atoms with van der Waals surface area (Å²) >= 11 is 0. The summed E-state index contributed by atoms with van der Waals surface area (Å²) in [4.78, 5) is 16.7. The van der Waals surface area contributed by atoms with Gasteiger partial charge < -0.3 is 15.3 Å². The normalized spacial score (nSPS) is 21.4. The number of hydrogen-bond donors (Lipinski definition) is 2. The predicted octanol–water partition coefficient (Wildman–Crippen LogP) is 1.22. The zero-order valence-electron chi connectivity index (χ0n) is 14.2. The van der Waals surface area contributed by atoms with Crippen molar-refractivity contribution in [2.45, 2.75) is 25.8 Å². The van der Waals surface area contributed by atoms with Crippen LogP contribution in [-0.2, 0) is 4.79 Å². The second-order valence-electron chi connectivity index (χ2n) is 7.05. The summed E-state index contributed by atoms with van der Waals surface area (Å²) in [6.07, 6.45) is 1.99. The van der Waals surface area contributed by atoms with Crippen LogP contribution < -0.4 is 10.2 Å². The zero-order valence-corrected chi connectivity index (χ0v) is 14.2. The quantitative estimate of drug-likeness (QED) is 0.821. The molecule has 2 N–H and O–H groups in total. The Hall–Kier alpha value is -1.66. The highest BCUT2D eigenvalue weighted by atomic mass is 19.1. The first-order valence-electron chi connectivity index (χ1n) is 8.66. The molecule has 0 aromatic heterocycles. The number of halogens is 1. The van der Waals surface area contributed by atoms with Crippen molar-refractivity contribution in [3.8, 4) is 0 Å². The van der Waals surface area contributed by atoms with Gasteiger partial charge in [-0.1, -0.05) is 0 Å². The number of amides is 1. The maximum atomic E-state index is 13.0. The number of nitrogens with zero attached hydrogens (tertiary/aromatic N) is 2. The van der Waals surface area contributed by atoms with Gasteiger partial charge in [0.05, 0.1) is 12.6 Å². The zero-order chi connectivity index (χ0) is 17.2. The van der Waals surface area contributed by atoms with E-state index in [4.69, 9.17) is 0 Å². The van der Waals surface area contributed by atoms with E-state index in [1.54, 1.807) is 12.1 Å². The first-order chi connectivity index (χ1) is 11.5. The summed E-state index contributed by atoms with van der Waals surface area (Å²) in [6.45, 7) is 5.91.